The summed E-state index contributed by atoms with van der Waals surface area (Å²) >= 11 is 3.63. The summed E-state index contributed by atoms with van der Waals surface area (Å²) in [6.07, 6.45) is 2.90. The Labute approximate surface area is 219 Å². The SMILES string of the molecule is Brc1ccc2nc(-c3ccc(N(c4ccccc4)c4ccccc4)cc3)c(Cc3ccccc3)n2c1. The van der Waals surface area contributed by atoms with Crippen LogP contribution in [0.3, 0.4) is 0 Å². The molecule has 0 fully saturated rings. The van der Waals surface area contributed by atoms with E-state index in [0.29, 0.717) is 0 Å². The van der Waals surface area contributed by atoms with Gasteiger partial charge in [-0.25, -0.2) is 4.98 Å². The van der Waals surface area contributed by atoms with E-state index in [0.717, 1.165) is 44.9 Å². The van der Waals surface area contributed by atoms with Gasteiger partial charge in [-0.3, -0.25) is 0 Å². The third kappa shape index (κ3) is 4.43. The van der Waals surface area contributed by atoms with Crippen LogP contribution in [0.25, 0.3) is 16.9 Å². The molecular formula is C32H24BrN3. The number of benzene rings is 4. The Morgan fingerprint density at radius 3 is 1.78 bits per heavy atom. The van der Waals surface area contributed by atoms with Gasteiger partial charge in [0.25, 0.3) is 0 Å². The molecule has 0 aliphatic carbocycles. The average molecular weight is 530 g/mol. The smallest absolute Gasteiger partial charge is 0.137 e. The summed E-state index contributed by atoms with van der Waals surface area (Å²) in [6.45, 7) is 0. The van der Waals surface area contributed by atoms with Gasteiger partial charge < -0.3 is 9.30 Å². The molecule has 0 spiro atoms. The van der Waals surface area contributed by atoms with Crippen LogP contribution >= 0.6 is 15.9 Å². The van der Waals surface area contributed by atoms with Crippen molar-refractivity contribution >= 4 is 38.6 Å². The van der Waals surface area contributed by atoms with Gasteiger partial charge in [-0.05, 0) is 70.0 Å². The van der Waals surface area contributed by atoms with Gasteiger partial charge in [0.15, 0.2) is 0 Å². The minimum absolute atomic E-state index is 0.801. The first-order chi connectivity index (χ1) is 17.8. The van der Waals surface area contributed by atoms with Crippen molar-refractivity contribution in [3.63, 3.8) is 0 Å². The van der Waals surface area contributed by atoms with Gasteiger partial charge in [0.1, 0.15) is 5.65 Å². The molecule has 0 unspecified atom stereocenters. The summed E-state index contributed by atoms with van der Waals surface area (Å²) in [5.74, 6) is 0. The summed E-state index contributed by atoms with van der Waals surface area (Å²) in [4.78, 5) is 7.31. The van der Waals surface area contributed by atoms with Gasteiger partial charge in [0, 0.05) is 39.7 Å². The van der Waals surface area contributed by atoms with Gasteiger partial charge in [0.2, 0.25) is 0 Å². The van der Waals surface area contributed by atoms with Gasteiger partial charge in [0.05, 0.1) is 11.4 Å². The number of hydrogen-bond acceptors (Lipinski definition) is 2. The molecule has 0 atom stereocenters. The fourth-order valence-corrected chi connectivity index (χ4v) is 4.96. The van der Waals surface area contributed by atoms with E-state index >= 15 is 0 Å². The molecule has 0 N–H and O–H groups in total. The van der Waals surface area contributed by atoms with Crippen LogP contribution in [0.1, 0.15) is 11.3 Å². The third-order valence-electron chi connectivity index (χ3n) is 6.32. The lowest BCUT2D eigenvalue weighted by atomic mass is 10.0. The summed E-state index contributed by atoms with van der Waals surface area (Å²) < 4.78 is 3.23. The molecule has 174 valence electrons. The van der Waals surface area contributed by atoms with Crippen LogP contribution in [0.4, 0.5) is 17.1 Å². The molecule has 0 saturated carbocycles. The zero-order valence-corrected chi connectivity index (χ0v) is 21.2. The van der Waals surface area contributed by atoms with Crippen LogP contribution in [0, 0.1) is 0 Å². The summed E-state index contributed by atoms with van der Waals surface area (Å²) in [7, 11) is 0. The maximum Gasteiger partial charge on any atom is 0.137 e. The standard InChI is InChI=1S/C32H24BrN3/c33-26-18-21-31-34-32(30(35(31)23-26)22-24-10-4-1-5-11-24)25-16-19-29(20-17-25)36(27-12-6-2-7-13-27)28-14-8-3-9-15-28/h1-21,23H,22H2. The van der Waals surface area contributed by atoms with Crippen molar-refractivity contribution in [2.24, 2.45) is 0 Å². The highest BCUT2D eigenvalue weighted by atomic mass is 79.9. The molecule has 0 radical (unpaired) electrons. The lowest BCUT2D eigenvalue weighted by molar-refractivity contribution is 1.02. The molecular weight excluding hydrogens is 506 g/mol. The van der Waals surface area contributed by atoms with E-state index in [9.17, 15) is 0 Å². The molecule has 2 aromatic heterocycles. The molecule has 3 nitrogen and oxygen atoms in total. The molecule has 0 bridgehead atoms. The molecule has 2 heterocycles. The quantitative estimate of drug-likeness (QED) is 0.215. The largest absolute Gasteiger partial charge is 0.311 e. The van der Waals surface area contributed by atoms with Crippen LogP contribution in [0.2, 0.25) is 0 Å². The number of imidazole rings is 1. The lowest BCUT2D eigenvalue weighted by Gasteiger charge is -2.25. The number of pyridine rings is 1. The van der Waals surface area contributed by atoms with Crippen molar-refractivity contribution in [1.82, 2.24) is 9.38 Å². The second-order valence-electron chi connectivity index (χ2n) is 8.70. The number of halogens is 1. The van der Waals surface area contributed by atoms with Crippen LogP contribution in [-0.2, 0) is 6.42 Å². The molecule has 0 saturated heterocycles. The highest BCUT2D eigenvalue weighted by molar-refractivity contribution is 9.10. The summed E-state index contributed by atoms with van der Waals surface area (Å²) in [5.41, 5.74) is 8.84. The van der Waals surface area contributed by atoms with Crippen molar-refractivity contribution in [3.8, 4) is 11.3 Å². The molecule has 4 heteroatoms. The van der Waals surface area contributed by atoms with Crippen LogP contribution in [0.5, 0.6) is 0 Å². The Hall–Kier alpha value is -4.15. The number of hydrogen-bond donors (Lipinski definition) is 0. The van der Waals surface area contributed by atoms with Crippen molar-refractivity contribution in [2.45, 2.75) is 6.42 Å². The Kier molecular flexibility index (Phi) is 6.10. The number of anilines is 3. The minimum Gasteiger partial charge on any atom is -0.311 e. The van der Waals surface area contributed by atoms with Crippen molar-refractivity contribution in [2.75, 3.05) is 4.90 Å². The van der Waals surface area contributed by atoms with E-state index in [1.54, 1.807) is 0 Å². The van der Waals surface area contributed by atoms with Gasteiger partial charge >= 0.3 is 0 Å². The first-order valence-electron chi connectivity index (χ1n) is 12.0. The molecule has 6 aromatic rings. The number of para-hydroxylation sites is 2. The average Bonchev–Trinajstić information content (AvgIpc) is 3.28. The van der Waals surface area contributed by atoms with E-state index in [1.807, 2.05) is 18.2 Å². The van der Waals surface area contributed by atoms with E-state index in [2.05, 4.69) is 141 Å². The van der Waals surface area contributed by atoms with Crippen molar-refractivity contribution in [1.29, 1.82) is 0 Å². The predicted octanol–water partition coefficient (Wildman–Crippen LogP) is 8.82. The topological polar surface area (TPSA) is 20.5 Å². The zero-order chi connectivity index (χ0) is 24.3. The number of nitrogens with zero attached hydrogens (tertiary/aromatic N) is 3. The molecule has 0 aliphatic heterocycles. The van der Waals surface area contributed by atoms with Crippen LogP contribution < -0.4 is 4.90 Å². The highest BCUT2D eigenvalue weighted by Gasteiger charge is 2.17. The molecule has 0 aliphatic rings. The fraction of sp³-hybridized carbons (Fsp3) is 0.0312. The monoisotopic (exact) mass is 529 g/mol. The Bertz CT molecular complexity index is 1550. The highest BCUT2D eigenvalue weighted by Crippen LogP contribution is 2.36. The van der Waals surface area contributed by atoms with Gasteiger partial charge in [-0.2, -0.15) is 0 Å². The Balaban J connectivity index is 1.44. The predicted molar refractivity (Wildman–Crippen MR) is 152 cm³/mol. The number of fused-ring (bicyclic) bond motifs is 1. The maximum absolute atomic E-state index is 5.04. The van der Waals surface area contributed by atoms with E-state index < -0.39 is 0 Å². The number of aromatic nitrogens is 2. The Morgan fingerprint density at radius 2 is 1.17 bits per heavy atom. The van der Waals surface area contributed by atoms with Crippen LogP contribution in [-0.4, -0.2) is 9.38 Å². The van der Waals surface area contributed by atoms with Crippen LogP contribution in [0.15, 0.2) is 138 Å². The number of rotatable bonds is 6. The van der Waals surface area contributed by atoms with E-state index in [1.165, 1.54) is 11.3 Å². The van der Waals surface area contributed by atoms with E-state index in [4.69, 9.17) is 4.98 Å². The third-order valence-corrected chi connectivity index (χ3v) is 6.79. The lowest BCUT2D eigenvalue weighted by Crippen LogP contribution is -2.09. The van der Waals surface area contributed by atoms with Crippen molar-refractivity contribution < 1.29 is 0 Å². The molecule has 36 heavy (non-hydrogen) atoms. The second kappa shape index (κ2) is 9.84. The van der Waals surface area contributed by atoms with Gasteiger partial charge in [-0.15, -0.1) is 0 Å². The minimum atomic E-state index is 0.801. The normalized spacial score (nSPS) is 11.0. The van der Waals surface area contributed by atoms with Gasteiger partial charge in [-0.1, -0.05) is 78.9 Å². The zero-order valence-electron chi connectivity index (χ0n) is 19.6. The maximum atomic E-state index is 5.04. The molecule has 4 aromatic carbocycles. The summed E-state index contributed by atoms with van der Waals surface area (Å²) in [5, 5.41) is 0. The fourth-order valence-electron chi connectivity index (χ4n) is 4.63. The second-order valence-corrected chi connectivity index (χ2v) is 9.61. The van der Waals surface area contributed by atoms with E-state index in [-0.39, 0.29) is 0 Å². The first-order valence-corrected chi connectivity index (χ1v) is 12.8. The summed E-state index contributed by atoms with van der Waals surface area (Å²) in [6, 6.07) is 44.3. The first kappa shape index (κ1) is 22.3. The molecule has 0 amide bonds. The Morgan fingerprint density at radius 1 is 0.611 bits per heavy atom. The van der Waals surface area contributed by atoms with Crippen molar-refractivity contribution in [3.05, 3.63) is 149 Å². The molecule has 6 rings (SSSR count).